The van der Waals surface area contributed by atoms with Crippen LogP contribution < -0.4 is 10.9 Å². The van der Waals surface area contributed by atoms with E-state index in [2.05, 4.69) is 19.7 Å². The first-order valence-corrected chi connectivity index (χ1v) is 10.7. The first-order chi connectivity index (χ1) is 15.0. The van der Waals surface area contributed by atoms with Crippen LogP contribution in [0.5, 0.6) is 5.75 Å². The fourth-order valence-corrected chi connectivity index (χ4v) is 4.64. The van der Waals surface area contributed by atoms with Crippen LogP contribution in [-0.2, 0) is 16.6 Å². The standard InChI is InChI=1S/C21H15N5O4S/c27-18-14-6-4-10-23-20(14)26(12-13-5-3-9-22-11-13)21(28)17(18)19-24-15-7-1-2-8-16(15)31(29,30)25-19/h1-11,27H,12H2,(H,24,25). The van der Waals surface area contributed by atoms with Crippen LogP contribution in [-0.4, -0.2) is 33.9 Å². The third-order valence-corrected chi connectivity index (χ3v) is 6.26. The largest absolute Gasteiger partial charge is 0.506 e. The van der Waals surface area contributed by atoms with Crippen LogP contribution in [0, 0.1) is 0 Å². The van der Waals surface area contributed by atoms with Crippen LogP contribution in [0.25, 0.3) is 11.0 Å². The van der Waals surface area contributed by atoms with Crippen LogP contribution in [0.1, 0.15) is 11.1 Å². The smallest absolute Gasteiger partial charge is 0.286 e. The normalized spacial score (nSPS) is 14.5. The second-order valence-electron chi connectivity index (χ2n) is 6.89. The zero-order chi connectivity index (χ0) is 21.6. The van der Waals surface area contributed by atoms with Crippen molar-refractivity contribution in [2.75, 3.05) is 5.32 Å². The summed E-state index contributed by atoms with van der Waals surface area (Å²) >= 11 is 0. The molecule has 1 aliphatic heterocycles. The number of para-hydroxylation sites is 1. The van der Waals surface area contributed by atoms with Crippen molar-refractivity contribution in [2.45, 2.75) is 11.4 Å². The van der Waals surface area contributed by atoms with E-state index < -0.39 is 21.3 Å². The molecule has 0 saturated carbocycles. The topological polar surface area (TPSA) is 127 Å². The molecule has 5 rings (SSSR count). The van der Waals surface area contributed by atoms with Crippen molar-refractivity contribution >= 4 is 32.6 Å². The SMILES string of the molecule is O=c1c(C2=NS(=O)(=O)c3ccccc3N2)c(O)c2cccnc2n1Cc1cccnc1. The molecule has 1 aliphatic rings. The van der Waals surface area contributed by atoms with Crippen molar-refractivity contribution in [1.29, 1.82) is 0 Å². The van der Waals surface area contributed by atoms with Gasteiger partial charge in [-0.15, -0.1) is 4.40 Å². The Kier molecular flexibility index (Phi) is 4.29. The molecular formula is C21H15N5O4S. The Morgan fingerprint density at radius 1 is 1.03 bits per heavy atom. The number of fused-ring (bicyclic) bond motifs is 2. The Morgan fingerprint density at radius 3 is 2.65 bits per heavy atom. The van der Waals surface area contributed by atoms with Crippen LogP contribution in [0.3, 0.4) is 0 Å². The Labute approximate surface area is 176 Å². The molecule has 0 aliphatic carbocycles. The molecule has 4 heterocycles. The van der Waals surface area contributed by atoms with E-state index in [0.717, 1.165) is 5.56 Å². The number of amidine groups is 1. The highest BCUT2D eigenvalue weighted by atomic mass is 32.2. The number of hydrogen-bond acceptors (Lipinski definition) is 7. The number of benzene rings is 1. The van der Waals surface area contributed by atoms with Gasteiger partial charge in [0.1, 0.15) is 21.9 Å². The Hall–Kier alpha value is -4.05. The average molecular weight is 433 g/mol. The molecule has 0 bridgehead atoms. The molecule has 10 heteroatoms. The van der Waals surface area contributed by atoms with Crippen molar-refractivity contribution in [3.63, 3.8) is 0 Å². The highest BCUT2D eigenvalue weighted by molar-refractivity contribution is 7.90. The van der Waals surface area contributed by atoms with Gasteiger partial charge in [-0.2, -0.15) is 8.42 Å². The van der Waals surface area contributed by atoms with E-state index >= 15 is 0 Å². The zero-order valence-corrected chi connectivity index (χ0v) is 16.7. The second-order valence-corrected chi connectivity index (χ2v) is 8.46. The first kappa shape index (κ1) is 18.9. The molecule has 2 N–H and O–H groups in total. The Balaban J connectivity index is 1.77. The highest BCUT2D eigenvalue weighted by Gasteiger charge is 2.29. The van der Waals surface area contributed by atoms with Crippen LogP contribution in [0.2, 0.25) is 0 Å². The number of pyridine rings is 3. The summed E-state index contributed by atoms with van der Waals surface area (Å²) in [5.41, 5.74) is 0.397. The van der Waals surface area contributed by atoms with E-state index in [-0.39, 0.29) is 34.2 Å². The number of sulfonamides is 1. The van der Waals surface area contributed by atoms with E-state index in [1.807, 2.05) is 0 Å². The molecule has 4 aromatic rings. The second kappa shape index (κ2) is 7.03. The number of anilines is 1. The summed E-state index contributed by atoms with van der Waals surface area (Å²) < 4.78 is 30.5. The van der Waals surface area contributed by atoms with Crippen molar-refractivity contribution in [1.82, 2.24) is 14.5 Å². The fourth-order valence-electron chi connectivity index (χ4n) is 3.52. The van der Waals surface area contributed by atoms with Crippen LogP contribution in [0.4, 0.5) is 5.69 Å². The third kappa shape index (κ3) is 3.13. The maximum atomic E-state index is 13.5. The minimum absolute atomic E-state index is 0.00335. The van der Waals surface area contributed by atoms with E-state index in [4.69, 9.17) is 0 Å². The number of hydrogen-bond donors (Lipinski definition) is 2. The number of nitrogens with one attached hydrogen (secondary N) is 1. The minimum Gasteiger partial charge on any atom is -0.506 e. The molecule has 0 spiro atoms. The predicted molar refractivity (Wildman–Crippen MR) is 115 cm³/mol. The van der Waals surface area contributed by atoms with Crippen molar-refractivity contribution in [3.05, 3.63) is 88.6 Å². The lowest BCUT2D eigenvalue weighted by molar-refractivity contribution is 0.477. The summed E-state index contributed by atoms with van der Waals surface area (Å²) in [6.07, 6.45) is 4.75. The van der Waals surface area contributed by atoms with Gasteiger partial charge in [-0.25, -0.2) is 4.98 Å². The Bertz CT molecular complexity index is 1530. The molecular weight excluding hydrogens is 418 g/mol. The molecule has 0 atom stereocenters. The van der Waals surface area contributed by atoms with Gasteiger partial charge in [-0.05, 0) is 35.9 Å². The van der Waals surface area contributed by atoms with Crippen molar-refractivity contribution in [2.24, 2.45) is 4.40 Å². The van der Waals surface area contributed by atoms with Gasteiger partial charge in [0.15, 0.2) is 5.84 Å². The minimum atomic E-state index is -4.06. The first-order valence-electron chi connectivity index (χ1n) is 9.26. The summed E-state index contributed by atoms with van der Waals surface area (Å²) in [5.74, 6) is -0.636. The van der Waals surface area contributed by atoms with Crippen molar-refractivity contribution < 1.29 is 13.5 Å². The molecule has 154 valence electrons. The Morgan fingerprint density at radius 2 is 1.84 bits per heavy atom. The summed E-state index contributed by atoms with van der Waals surface area (Å²) in [7, 11) is -4.06. The summed E-state index contributed by atoms with van der Waals surface area (Å²) in [6.45, 7) is 0.129. The summed E-state index contributed by atoms with van der Waals surface area (Å²) in [5, 5.41) is 14.1. The van der Waals surface area contributed by atoms with E-state index in [1.165, 1.54) is 16.8 Å². The highest BCUT2D eigenvalue weighted by Crippen LogP contribution is 2.31. The molecule has 3 aromatic heterocycles. The van der Waals surface area contributed by atoms with Gasteiger partial charge in [0, 0.05) is 18.6 Å². The van der Waals surface area contributed by atoms with E-state index in [1.54, 1.807) is 54.9 Å². The molecule has 0 fully saturated rings. The number of aromatic nitrogens is 3. The maximum Gasteiger partial charge on any atom is 0.286 e. The summed E-state index contributed by atoms with van der Waals surface area (Å²) in [4.78, 5) is 21.8. The molecule has 0 unspecified atom stereocenters. The number of rotatable bonds is 3. The molecule has 0 amide bonds. The van der Waals surface area contributed by atoms with Gasteiger partial charge in [0.25, 0.3) is 15.6 Å². The van der Waals surface area contributed by atoms with Crippen molar-refractivity contribution in [3.8, 4) is 5.75 Å². The quantitative estimate of drug-likeness (QED) is 0.507. The van der Waals surface area contributed by atoms with E-state index in [9.17, 15) is 18.3 Å². The van der Waals surface area contributed by atoms with E-state index in [0.29, 0.717) is 5.39 Å². The monoisotopic (exact) mass is 433 g/mol. The lowest BCUT2D eigenvalue weighted by Gasteiger charge is -2.20. The lowest BCUT2D eigenvalue weighted by atomic mass is 10.1. The molecule has 0 radical (unpaired) electrons. The van der Waals surface area contributed by atoms with Gasteiger partial charge in [0.05, 0.1) is 17.6 Å². The number of aromatic hydroxyl groups is 1. The zero-order valence-electron chi connectivity index (χ0n) is 15.9. The lowest BCUT2D eigenvalue weighted by Crippen LogP contribution is -2.33. The fraction of sp³-hybridized carbons (Fsp3) is 0.0476. The maximum absolute atomic E-state index is 13.5. The van der Waals surface area contributed by atoms with Gasteiger partial charge < -0.3 is 10.4 Å². The number of nitrogens with zero attached hydrogens (tertiary/aromatic N) is 4. The third-order valence-electron chi connectivity index (χ3n) is 4.92. The van der Waals surface area contributed by atoms with Gasteiger partial charge in [-0.3, -0.25) is 14.3 Å². The molecule has 0 saturated heterocycles. The molecule has 1 aromatic carbocycles. The molecule has 31 heavy (non-hydrogen) atoms. The van der Waals surface area contributed by atoms with Gasteiger partial charge in [0.2, 0.25) is 0 Å². The average Bonchev–Trinajstić information content (AvgIpc) is 2.77. The predicted octanol–water partition coefficient (Wildman–Crippen LogP) is 2.11. The van der Waals surface area contributed by atoms with Gasteiger partial charge in [-0.1, -0.05) is 18.2 Å². The van der Waals surface area contributed by atoms with Gasteiger partial charge >= 0.3 is 0 Å². The summed E-state index contributed by atoms with van der Waals surface area (Å²) in [6, 6.07) is 13.0. The molecule has 9 nitrogen and oxygen atoms in total. The van der Waals surface area contributed by atoms with Crippen LogP contribution in [0.15, 0.2) is 81.2 Å². The van der Waals surface area contributed by atoms with Crippen LogP contribution >= 0.6 is 0 Å².